The van der Waals surface area contributed by atoms with E-state index < -0.39 is 16.5 Å². The molecule has 0 spiro atoms. The number of alkyl halides is 1. The van der Waals surface area contributed by atoms with Gasteiger partial charge in [-0.15, -0.1) is 0 Å². The third kappa shape index (κ3) is 3.31. The Morgan fingerprint density at radius 1 is 0.875 bits per heavy atom. The molecule has 1 aliphatic rings. The van der Waals surface area contributed by atoms with Crippen LogP contribution in [0.1, 0.15) is 11.1 Å². The fourth-order valence-electron chi connectivity index (χ4n) is 2.76. The van der Waals surface area contributed by atoms with Crippen LogP contribution in [-0.4, -0.2) is 21.3 Å². The van der Waals surface area contributed by atoms with Crippen LogP contribution >= 0.6 is 0 Å². The number of rotatable bonds is 4. The molecule has 2 aromatic carbocycles. The summed E-state index contributed by atoms with van der Waals surface area (Å²) in [4.78, 5) is 0.235. The molecular weight excluding hydrogens is 330 g/mol. The van der Waals surface area contributed by atoms with Crippen molar-refractivity contribution in [2.24, 2.45) is 5.92 Å². The van der Waals surface area contributed by atoms with Crippen molar-refractivity contribution in [1.29, 1.82) is 0 Å². The van der Waals surface area contributed by atoms with E-state index in [0.717, 1.165) is 28.5 Å². The summed E-state index contributed by atoms with van der Waals surface area (Å²) >= 11 is 0. The predicted molar refractivity (Wildman–Crippen MR) is 91.4 cm³/mol. The average Bonchev–Trinajstić information content (AvgIpc) is 2.99. The summed E-state index contributed by atoms with van der Waals surface area (Å²) < 4.78 is 49.4. The van der Waals surface area contributed by atoms with Crippen LogP contribution in [0.4, 0.5) is 8.78 Å². The average molecular weight is 346 g/mol. The number of halogens is 2. The first-order valence-electron chi connectivity index (χ1n) is 7.45. The molecular formula is C19H16F2O2S. The standard InChI is InChI=1S/C19H16F2O2S/c1-24(22,23)17-8-4-15(5-9-17)19-11-13(12-20)10-18(19)14-2-6-16(21)7-3-14/h2-11,13H,12H2,1H3. The number of hydrogen-bond acceptors (Lipinski definition) is 2. The zero-order valence-corrected chi connectivity index (χ0v) is 13.9. The lowest BCUT2D eigenvalue weighted by Crippen LogP contribution is -1.97. The van der Waals surface area contributed by atoms with Crippen molar-refractivity contribution in [2.45, 2.75) is 4.90 Å². The fraction of sp³-hybridized carbons (Fsp3) is 0.158. The zero-order valence-electron chi connectivity index (χ0n) is 13.0. The molecule has 0 amide bonds. The van der Waals surface area contributed by atoms with E-state index in [1.165, 1.54) is 24.3 Å². The van der Waals surface area contributed by atoms with E-state index in [4.69, 9.17) is 0 Å². The maximum atomic E-state index is 13.1. The Bertz CT molecular complexity index is 909. The van der Waals surface area contributed by atoms with Crippen molar-refractivity contribution in [3.05, 3.63) is 77.6 Å². The van der Waals surface area contributed by atoms with E-state index in [1.807, 2.05) is 12.2 Å². The summed E-state index contributed by atoms with van der Waals surface area (Å²) in [6.07, 6.45) is 4.78. The van der Waals surface area contributed by atoms with Crippen molar-refractivity contribution in [2.75, 3.05) is 12.9 Å². The molecule has 24 heavy (non-hydrogen) atoms. The molecule has 2 nitrogen and oxygen atoms in total. The molecule has 0 N–H and O–H groups in total. The molecule has 0 bridgehead atoms. The summed E-state index contributed by atoms with van der Waals surface area (Å²) in [5, 5.41) is 0. The predicted octanol–water partition coefficient (Wildman–Crippen LogP) is 4.30. The fourth-order valence-corrected chi connectivity index (χ4v) is 3.39. The van der Waals surface area contributed by atoms with Crippen LogP contribution in [0.3, 0.4) is 0 Å². The Kier molecular flexibility index (Phi) is 4.37. The smallest absolute Gasteiger partial charge is 0.175 e. The van der Waals surface area contributed by atoms with Gasteiger partial charge in [-0.05, 0) is 46.5 Å². The number of hydrogen-bond donors (Lipinski definition) is 0. The number of sulfone groups is 1. The van der Waals surface area contributed by atoms with Gasteiger partial charge in [0.15, 0.2) is 9.84 Å². The summed E-state index contributed by atoms with van der Waals surface area (Å²) in [5.41, 5.74) is 3.24. The summed E-state index contributed by atoms with van der Waals surface area (Å²) in [6, 6.07) is 12.5. The normalized spacial score (nSPS) is 17.5. The minimum atomic E-state index is -3.26. The van der Waals surface area contributed by atoms with Gasteiger partial charge in [0.05, 0.1) is 11.6 Å². The molecule has 3 rings (SSSR count). The largest absolute Gasteiger partial charge is 0.250 e. The summed E-state index contributed by atoms with van der Waals surface area (Å²) in [5.74, 6) is -0.669. The van der Waals surface area contributed by atoms with Gasteiger partial charge in [-0.3, -0.25) is 4.39 Å². The zero-order chi connectivity index (χ0) is 17.3. The summed E-state index contributed by atoms with van der Waals surface area (Å²) in [7, 11) is -3.26. The Hall–Kier alpha value is -2.27. The molecule has 1 unspecified atom stereocenters. The highest BCUT2D eigenvalue weighted by atomic mass is 32.2. The van der Waals surface area contributed by atoms with Gasteiger partial charge in [0, 0.05) is 12.2 Å². The van der Waals surface area contributed by atoms with E-state index in [2.05, 4.69) is 0 Å². The first-order valence-corrected chi connectivity index (χ1v) is 9.34. The van der Waals surface area contributed by atoms with Gasteiger partial charge < -0.3 is 0 Å². The Morgan fingerprint density at radius 3 is 1.75 bits per heavy atom. The van der Waals surface area contributed by atoms with E-state index >= 15 is 0 Å². The van der Waals surface area contributed by atoms with Crippen LogP contribution in [0, 0.1) is 11.7 Å². The molecule has 124 valence electrons. The monoisotopic (exact) mass is 346 g/mol. The van der Waals surface area contributed by atoms with Gasteiger partial charge in [0.1, 0.15) is 5.82 Å². The highest BCUT2D eigenvalue weighted by Gasteiger charge is 2.20. The molecule has 0 aliphatic heterocycles. The minimum Gasteiger partial charge on any atom is -0.250 e. The second-order valence-corrected chi connectivity index (χ2v) is 7.80. The van der Waals surface area contributed by atoms with Crippen LogP contribution < -0.4 is 0 Å². The Balaban J connectivity index is 2.01. The molecule has 0 saturated heterocycles. The van der Waals surface area contributed by atoms with E-state index in [0.29, 0.717) is 0 Å². The molecule has 1 aliphatic carbocycles. The van der Waals surface area contributed by atoms with Gasteiger partial charge in [-0.25, -0.2) is 12.8 Å². The summed E-state index contributed by atoms with van der Waals surface area (Å²) in [6.45, 7) is -0.518. The lowest BCUT2D eigenvalue weighted by Gasteiger charge is -2.10. The van der Waals surface area contributed by atoms with Crippen molar-refractivity contribution in [1.82, 2.24) is 0 Å². The maximum Gasteiger partial charge on any atom is 0.175 e. The highest BCUT2D eigenvalue weighted by molar-refractivity contribution is 7.90. The van der Waals surface area contributed by atoms with Crippen molar-refractivity contribution < 1.29 is 17.2 Å². The van der Waals surface area contributed by atoms with Gasteiger partial charge in [-0.2, -0.15) is 0 Å². The molecule has 0 fully saturated rings. The highest BCUT2D eigenvalue weighted by Crippen LogP contribution is 2.38. The first-order chi connectivity index (χ1) is 11.4. The number of allylic oxidation sites excluding steroid dienone is 4. The van der Waals surface area contributed by atoms with Crippen LogP contribution in [-0.2, 0) is 9.84 Å². The molecule has 0 aromatic heterocycles. The van der Waals surface area contributed by atoms with Crippen LogP contribution in [0.2, 0.25) is 0 Å². The van der Waals surface area contributed by atoms with Crippen molar-refractivity contribution in [3.63, 3.8) is 0 Å². The van der Waals surface area contributed by atoms with Crippen molar-refractivity contribution >= 4 is 21.0 Å². The van der Waals surface area contributed by atoms with Crippen LogP contribution in [0.5, 0.6) is 0 Å². The topological polar surface area (TPSA) is 34.1 Å². The molecule has 5 heteroatoms. The van der Waals surface area contributed by atoms with Gasteiger partial charge in [0.25, 0.3) is 0 Å². The molecule has 1 atom stereocenters. The second-order valence-electron chi connectivity index (χ2n) is 5.78. The lowest BCUT2D eigenvalue weighted by molar-refractivity contribution is 0.455. The molecule has 2 aromatic rings. The third-order valence-corrected chi connectivity index (χ3v) is 5.11. The quantitative estimate of drug-likeness (QED) is 0.827. The number of benzene rings is 2. The third-order valence-electron chi connectivity index (χ3n) is 3.98. The second kappa shape index (κ2) is 6.32. The van der Waals surface area contributed by atoms with Crippen molar-refractivity contribution in [3.8, 4) is 0 Å². The Morgan fingerprint density at radius 2 is 1.33 bits per heavy atom. The van der Waals surface area contributed by atoms with Crippen LogP contribution in [0.25, 0.3) is 11.1 Å². The lowest BCUT2D eigenvalue weighted by atomic mass is 9.95. The van der Waals surface area contributed by atoms with E-state index in [-0.39, 0.29) is 16.6 Å². The molecule has 0 saturated carbocycles. The van der Waals surface area contributed by atoms with Gasteiger partial charge in [0.2, 0.25) is 0 Å². The van der Waals surface area contributed by atoms with E-state index in [1.54, 1.807) is 24.3 Å². The van der Waals surface area contributed by atoms with Crippen LogP contribution in [0.15, 0.2) is 65.6 Å². The molecule has 0 heterocycles. The van der Waals surface area contributed by atoms with Gasteiger partial charge in [-0.1, -0.05) is 36.4 Å². The van der Waals surface area contributed by atoms with Gasteiger partial charge >= 0.3 is 0 Å². The SMILES string of the molecule is CS(=O)(=O)c1ccc(C2=CC(CF)C=C2c2ccc(F)cc2)cc1. The van der Waals surface area contributed by atoms with E-state index in [9.17, 15) is 17.2 Å². The Labute approximate surface area is 140 Å². The molecule has 0 radical (unpaired) electrons. The minimum absolute atomic E-state index is 0.235. The first kappa shape index (κ1) is 16.6. The maximum absolute atomic E-state index is 13.1.